The number of carbonyl (C=O) groups excluding carboxylic acids is 1. The van der Waals surface area contributed by atoms with E-state index in [1.54, 1.807) is 0 Å². The molecule has 7 heteroatoms. The van der Waals surface area contributed by atoms with Crippen LogP contribution in [0, 0.1) is 0 Å². The van der Waals surface area contributed by atoms with Crippen LogP contribution in [0.4, 0.5) is 0 Å². The molecule has 0 spiro atoms. The summed E-state index contributed by atoms with van der Waals surface area (Å²) in [5.74, 6) is 2.61. The Kier molecular flexibility index (Phi) is 8.87. The van der Waals surface area contributed by atoms with Gasteiger partial charge in [0, 0.05) is 24.4 Å². The number of hydrogen-bond donors (Lipinski definition) is 1. The van der Waals surface area contributed by atoms with E-state index < -0.39 is 0 Å². The van der Waals surface area contributed by atoms with Crippen LogP contribution in [-0.4, -0.2) is 34.8 Å². The summed E-state index contributed by atoms with van der Waals surface area (Å²) >= 11 is 0. The van der Waals surface area contributed by atoms with Gasteiger partial charge in [-0.25, -0.2) is 0 Å². The average Bonchev–Trinajstić information content (AvgIpc) is 3.27. The first-order chi connectivity index (χ1) is 15.9. The van der Waals surface area contributed by atoms with Gasteiger partial charge in [0.15, 0.2) is 0 Å². The van der Waals surface area contributed by atoms with Gasteiger partial charge in [0.2, 0.25) is 17.6 Å². The lowest BCUT2D eigenvalue weighted by molar-refractivity contribution is -0.121. The Morgan fingerprint density at radius 2 is 1.70 bits per heavy atom. The standard InChI is InChI=1S/C26H33N3O4/c1-5-31-22-14-10-21(11-15-22)26-28-25(33-29-26)17-16-24(30)27-19(4)6-7-20-8-12-23(13-9-20)32-18(2)3/h8-15,18-19H,5-7,16-17H2,1-4H3,(H,27,30). The van der Waals surface area contributed by atoms with Gasteiger partial charge >= 0.3 is 0 Å². The molecule has 3 aromatic rings. The second-order valence-corrected chi connectivity index (χ2v) is 8.29. The highest BCUT2D eigenvalue weighted by Crippen LogP contribution is 2.20. The summed E-state index contributed by atoms with van der Waals surface area (Å²) in [5.41, 5.74) is 2.07. The number of hydrogen-bond acceptors (Lipinski definition) is 6. The molecule has 0 saturated carbocycles. The predicted molar refractivity (Wildman–Crippen MR) is 127 cm³/mol. The highest BCUT2D eigenvalue weighted by atomic mass is 16.5. The van der Waals surface area contributed by atoms with Crippen molar-refractivity contribution in [2.75, 3.05) is 6.61 Å². The summed E-state index contributed by atoms with van der Waals surface area (Å²) in [4.78, 5) is 16.7. The van der Waals surface area contributed by atoms with Gasteiger partial charge in [-0.1, -0.05) is 17.3 Å². The molecule has 1 aromatic heterocycles. The van der Waals surface area contributed by atoms with E-state index in [-0.39, 0.29) is 18.1 Å². The topological polar surface area (TPSA) is 86.5 Å². The van der Waals surface area contributed by atoms with E-state index in [4.69, 9.17) is 14.0 Å². The van der Waals surface area contributed by atoms with Crippen molar-refractivity contribution in [2.24, 2.45) is 0 Å². The van der Waals surface area contributed by atoms with E-state index in [0.717, 1.165) is 29.9 Å². The van der Waals surface area contributed by atoms with Crippen LogP contribution < -0.4 is 14.8 Å². The molecule has 1 atom stereocenters. The molecule has 2 aromatic carbocycles. The summed E-state index contributed by atoms with van der Waals surface area (Å²) in [6, 6.07) is 15.7. The lowest BCUT2D eigenvalue weighted by Crippen LogP contribution is -2.33. The van der Waals surface area contributed by atoms with Gasteiger partial charge in [-0.3, -0.25) is 4.79 Å². The Morgan fingerprint density at radius 1 is 1.00 bits per heavy atom. The van der Waals surface area contributed by atoms with Gasteiger partial charge in [-0.15, -0.1) is 0 Å². The molecular weight excluding hydrogens is 418 g/mol. The molecule has 0 radical (unpaired) electrons. The number of benzene rings is 2. The quantitative estimate of drug-likeness (QED) is 0.417. The van der Waals surface area contributed by atoms with Crippen LogP contribution >= 0.6 is 0 Å². The zero-order chi connectivity index (χ0) is 23.6. The van der Waals surface area contributed by atoms with Gasteiger partial charge in [0.25, 0.3) is 0 Å². The number of carbonyl (C=O) groups is 1. The first-order valence-electron chi connectivity index (χ1n) is 11.5. The van der Waals surface area contributed by atoms with Crippen molar-refractivity contribution in [3.63, 3.8) is 0 Å². The molecule has 0 saturated heterocycles. The first kappa shape index (κ1) is 24.3. The fourth-order valence-corrected chi connectivity index (χ4v) is 3.37. The zero-order valence-electron chi connectivity index (χ0n) is 19.8. The molecule has 0 aliphatic rings. The highest BCUT2D eigenvalue weighted by Gasteiger charge is 2.13. The van der Waals surface area contributed by atoms with E-state index in [9.17, 15) is 4.79 Å². The molecule has 1 heterocycles. The van der Waals surface area contributed by atoms with Crippen LogP contribution in [0.3, 0.4) is 0 Å². The maximum absolute atomic E-state index is 12.3. The molecule has 0 fully saturated rings. The molecule has 1 N–H and O–H groups in total. The number of nitrogens with one attached hydrogen (secondary N) is 1. The van der Waals surface area contributed by atoms with Crippen molar-refractivity contribution in [3.05, 3.63) is 60.0 Å². The van der Waals surface area contributed by atoms with Gasteiger partial charge in [0.05, 0.1) is 12.7 Å². The summed E-state index contributed by atoms with van der Waals surface area (Å²) < 4.78 is 16.4. The van der Waals surface area contributed by atoms with Crippen molar-refractivity contribution in [1.82, 2.24) is 15.5 Å². The Morgan fingerprint density at radius 3 is 2.36 bits per heavy atom. The number of ether oxygens (including phenoxy) is 2. The minimum Gasteiger partial charge on any atom is -0.494 e. The number of amides is 1. The van der Waals surface area contributed by atoms with E-state index in [1.165, 1.54) is 5.56 Å². The number of aromatic nitrogens is 2. The van der Waals surface area contributed by atoms with Crippen LogP contribution in [0.15, 0.2) is 53.1 Å². The van der Waals surface area contributed by atoms with Crippen LogP contribution in [0.2, 0.25) is 0 Å². The fraction of sp³-hybridized carbons (Fsp3) is 0.423. The van der Waals surface area contributed by atoms with E-state index >= 15 is 0 Å². The molecule has 0 aliphatic heterocycles. The van der Waals surface area contributed by atoms with Crippen LogP contribution in [0.1, 0.15) is 52.0 Å². The molecule has 33 heavy (non-hydrogen) atoms. The molecule has 1 amide bonds. The third-order valence-corrected chi connectivity index (χ3v) is 5.03. The fourth-order valence-electron chi connectivity index (χ4n) is 3.37. The van der Waals surface area contributed by atoms with Crippen molar-refractivity contribution in [3.8, 4) is 22.9 Å². The SMILES string of the molecule is CCOc1ccc(-c2noc(CCC(=O)NC(C)CCc3ccc(OC(C)C)cc3)n2)cc1. The van der Waals surface area contributed by atoms with Gasteiger partial charge in [-0.2, -0.15) is 4.98 Å². The van der Waals surface area contributed by atoms with E-state index in [2.05, 4.69) is 27.6 Å². The van der Waals surface area contributed by atoms with Crippen molar-refractivity contribution < 1.29 is 18.8 Å². The van der Waals surface area contributed by atoms with Crippen LogP contribution in [-0.2, 0) is 17.6 Å². The Balaban J connectivity index is 1.40. The molecule has 3 rings (SSSR count). The summed E-state index contributed by atoms with van der Waals surface area (Å²) in [6.07, 6.45) is 2.62. The molecule has 176 valence electrons. The Labute approximate surface area is 195 Å². The summed E-state index contributed by atoms with van der Waals surface area (Å²) in [6.45, 7) is 8.60. The smallest absolute Gasteiger partial charge is 0.227 e. The maximum atomic E-state index is 12.3. The number of aryl methyl sites for hydroxylation is 2. The average molecular weight is 452 g/mol. The molecule has 7 nitrogen and oxygen atoms in total. The molecule has 0 aliphatic carbocycles. The third kappa shape index (κ3) is 7.93. The predicted octanol–water partition coefficient (Wildman–Crippen LogP) is 4.99. The Bertz CT molecular complexity index is 997. The van der Waals surface area contributed by atoms with E-state index in [0.29, 0.717) is 31.2 Å². The van der Waals surface area contributed by atoms with Crippen LogP contribution in [0.5, 0.6) is 11.5 Å². The minimum absolute atomic E-state index is 0.0241. The lowest BCUT2D eigenvalue weighted by Gasteiger charge is -2.14. The zero-order valence-corrected chi connectivity index (χ0v) is 19.8. The third-order valence-electron chi connectivity index (χ3n) is 5.03. The second kappa shape index (κ2) is 12.0. The highest BCUT2D eigenvalue weighted by molar-refractivity contribution is 5.76. The number of nitrogens with zero attached hydrogens (tertiary/aromatic N) is 2. The summed E-state index contributed by atoms with van der Waals surface area (Å²) in [7, 11) is 0. The van der Waals surface area contributed by atoms with Gasteiger partial charge < -0.3 is 19.3 Å². The van der Waals surface area contributed by atoms with E-state index in [1.807, 2.05) is 64.1 Å². The lowest BCUT2D eigenvalue weighted by atomic mass is 10.1. The summed E-state index contributed by atoms with van der Waals surface area (Å²) in [5, 5.41) is 7.07. The monoisotopic (exact) mass is 451 g/mol. The number of rotatable bonds is 12. The first-order valence-corrected chi connectivity index (χ1v) is 11.5. The molecule has 0 bridgehead atoms. The van der Waals surface area contributed by atoms with Crippen LogP contribution in [0.25, 0.3) is 11.4 Å². The maximum Gasteiger partial charge on any atom is 0.227 e. The van der Waals surface area contributed by atoms with Crippen molar-refractivity contribution >= 4 is 5.91 Å². The largest absolute Gasteiger partial charge is 0.494 e. The molecule has 1 unspecified atom stereocenters. The minimum atomic E-state index is -0.0241. The van der Waals surface area contributed by atoms with Crippen molar-refractivity contribution in [2.45, 2.75) is 65.5 Å². The molecular formula is C26H33N3O4. The van der Waals surface area contributed by atoms with Gasteiger partial charge in [0.1, 0.15) is 11.5 Å². The van der Waals surface area contributed by atoms with Crippen molar-refractivity contribution in [1.29, 1.82) is 0 Å². The van der Waals surface area contributed by atoms with Gasteiger partial charge in [-0.05, 0) is 82.5 Å². The normalized spacial score (nSPS) is 11.9. The second-order valence-electron chi connectivity index (χ2n) is 8.29. The Hall–Kier alpha value is -3.35.